The normalized spacial score (nSPS) is 18.0. The summed E-state index contributed by atoms with van der Waals surface area (Å²) in [7, 11) is 0. The van der Waals surface area contributed by atoms with Gasteiger partial charge in [-0.05, 0) is 29.7 Å². The van der Waals surface area contributed by atoms with Crippen molar-refractivity contribution >= 4 is 34.8 Å². The summed E-state index contributed by atoms with van der Waals surface area (Å²) in [6.07, 6.45) is 0.0783. The fraction of sp³-hybridized carbons (Fsp3) is 0.600. The van der Waals surface area contributed by atoms with Crippen molar-refractivity contribution < 1.29 is 47.4 Å². The average molecular weight is 570 g/mol. The van der Waals surface area contributed by atoms with Crippen LogP contribution in [0.1, 0.15) is 33.6 Å². The van der Waals surface area contributed by atoms with Gasteiger partial charge in [0.15, 0.2) is 4.90 Å². The third-order valence-electron chi connectivity index (χ3n) is 5.84. The van der Waals surface area contributed by atoms with Gasteiger partial charge in [0.05, 0.1) is 71.6 Å². The van der Waals surface area contributed by atoms with E-state index in [2.05, 4.69) is 5.32 Å². The van der Waals surface area contributed by atoms with Crippen molar-refractivity contribution in [1.82, 2.24) is 10.2 Å². The van der Waals surface area contributed by atoms with Crippen molar-refractivity contribution in [3.05, 3.63) is 29.3 Å². The van der Waals surface area contributed by atoms with Gasteiger partial charge in [-0.15, -0.1) is 0 Å². The summed E-state index contributed by atoms with van der Waals surface area (Å²) in [5.41, 5.74) is 5.44. The molecular formula is C25H35N3O10S. The van der Waals surface area contributed by atoms with E-state index in [4.69, 9.17) is 29.4 Å². The molecule has 0 aliphatic carbocycles. The Balaban J connectivity index is 1.31. The zero-order valence-corrected chi connectivity index (χ0v) is 22.5. The number of piperidine rings is 1. The van der Waals surface area contributed by atoms with Crippen LogP contribution in [0.3, 0.4) is 0 Å². The van der Waals surface area contributed by atoms with Crippen LogP contribution in [-0.2, 0) is 44.4 Å². The number of carbonyl (C=O) groups is 4. The lowest BCUT2D eigenvalue weighted by molar-refractivity contribution is -0.136. The minimum absolute atomic E-state index is 0.0259. The number of rotatable bonds is 19. The molecule has 3 rings (SSSR count). The number of hydrogen-bond donors (Lipinski definition) is 2. The third kappa shape index (κ3) is 9.05. The molecule has 2 unspecified atom stereocenters. The number of imide groups is 2. The number of nitrogens with one attached hydrogen (secondary N) is 1. The summed E-state index contributed by atoms with van der Waals surface area (Å²) >= 11 is -1.62. The van der Waals surface area contributed by atoms with Crippen LogP contribution in [0.2, 0.25) is 0 Å². The summed E-state index contributed by atoms with van der Waals surface area (Å²) < 4.78 is 39.8. The Morgan fingerprint density at radius 3 is 1.97 bits per heavy atom. The maximum absolute atomic E-state index is 13.1. The Hall–Kier alpha value is -2.43. The largest absolute Gasteiger partial charge is 0.611 e. The molecule has 39 heavy (non-hydrogen) atoms. The molecule has 0 aromatic heterocycles. The molecule has 216 valence electrons. The van der Waals surface area contributed by atoms with E-state index >= 15 is 0 Å². The van der Waals surface area contributed by atoms with Gasteiger partial charge in [-0.25, -0.2) is 0 Å². The van der Waals surface area contributed by atoms with Gasteiger partial charge in [0.1, 0.15) is 17.4 Å². The van der Waals surface area contributed by atoms with E-state index in [0.29, 0.717) is 59.4 Å². The summed E-state index contributed by atoms with van der Waals surface area (Å²) in [5, 5.41) is 2.16. The van der Waals surface area contributed by atoms with Crippen molar-refractivity contribution in [2.24, 2.45) is 5.73 Å². The molecular weight excluding hydrogens is 534 g/mol. The molecule has 2 heterocycles. The number of benzene rings is 1. The quantitative estimate of drug-likeness (QED) is 0.121. The second kappa shape index (κ2) is 16.6. The van der Waals surface area contributed by atoms with Gasteiger partial charge < -0.3 is 34.0 Å². The fourth-order valence-corrected chi connectivity index (χ4v) is 5.13. The smallest absolute Gasteiger partial charge is 0.267 e. The zero-order valence-electron chi connectivity index (χ0n) is 21.7. The molecule has 3 N–H and O–H groups in total. The number of carbonyl (C=O) groups excluding carboxylic acids is 4. The maximum Gasteiger partial charge on any atom is 0.267 e. The Bertz CT molecular complexity index is 995. The molecule has 0 bridgehead atoms. The summed E-state index contributed by atoms with van der Waals surface area (Å²) in [6, 6.07) is 3.46. The first-order valence-corrected chi connectivity index (χ1v) is 14.1. The number of amides is 4. The molecule has 4 amide bonds. The third-order valence-corrected chi connectivity index (χ3v) is 7.21. The first-order valence-electron chi connectivity index (χ1n) is 12.8. The van der Waals surface area contributed by atoms with Crippen LogP contribution < -0.4 is 11.1 Å². The van der Waals surface area contributed by atoms with Crippen molar-refractivity contribution in [3.63, 3.8) is 0 Å². The molecule has 0 saturated carbocycles. The predicted molar refractivity (Wildman–Crippen MR) is 138 cm³/mol. The summed E-state index contributed by atoms with van der Waals surface area (Å²) in [5.74, 6) is -2.36. The van der Waals surface area contributed by atoms with Crippen molar-refractivity contribution in [1.29, 1.82) is 0 Å². The van der Waals surface area contributed by atoms with E-state index in [-0.39, 0.29) is 47.8 Å². The molecule has 14 heteroatoms. The highest BCUT2D eigenvalue weighted by molar-refractivity contribution is 7.91. The lowest BCUT2D eigenvalue weighted by atomic mass is 10.0. The second-order valence-electron chi connectivity index (χ2n) is 8.53. The van der Waals surface area contributed by atoms with Crippen molar-refractivity contribution in [3.8, 4) is 0 Å². The monoisotopic (exact) mass is 569 g/mol. The van der Waals surface area contributed by atoms with E-state index in [9.17, 15) is 23.7 Å². The van der Waals surface area contributed by atoms with Crippen LogP contribution in [0.4, 0.5) is 0 Å². The number of nitrogens with zero attached hydrogens (tertiary/aromatic N) is 1. The van der Waals surface area contributed by atoms with Gasteiger partial charge >= 0.3 is 0 Å². The van der Waals surface area contributed by atoms with Crippen LogP contribution >= 0.6 is 0 Å². The standard InChI is InChI=1S/C25H35N3O10S/c26-6-7-34-8-9-35-10-11-36-12-13-37-14-15-38-16-17-39(33)20-3-1-2-18-22(20)25(32)28(24(18)31)19-4-5-21(29)27-23(19)30/h1-3,19H,4-17,26H2,(H,27,29,30). The predicted octanol–water partition coefficient (Wildman–Crippen LogP) is -0.763. The van der Waals surface area contributed by atoms with Crippen LogP contribution in [0.5, 0.6) is 0 Å². The SMILES string of the molecule is NCCOCCOCCOCCOCCOCC[S+]([O-])c1cccc2c1C(=O)N(C1CCC(=O)NC1=O)C2=O. The van der Waals surface area contributed by atoms with Gasteiger partial charge in [0.2, 0.25) is 11.8 Å². The van der Waals surface area contributed by atoms with Crippen LogP contribution in [0.15, 0.2) is 23.1 Å². The van der Waals surface area contributed by atoms with Crippen molar-refractivity contribution in [2.75, 3.05) is 78.4 Å². The van der Waals surface area contributed by atoms with Gasteiger partial charge in [0.25, 0.3) is 11.8 Å². The first-order chi connectivity index (χ1) is 19.0. The van der Waals surface area contributed by atoms with E-state index in [1.165, 1.54) is 12.1 Å². The second-order valence-corrected chi connectivity index (χ2v) is 10.1. The highest BCUT2D eigenvalue weighted by Gasteiger charge is 2.47. The minimum Gasteiger partial charge on any atom is -0.611 e. The first kappa shape index (κ1) is 31.1. The zero-order chi connectivity index (χ0) is 28.0. The van der Waals surface area contributed by atoms with Crippen LogP contribution in [0.25, 0.3) is 0 Å². The molecule has 0 radical (unpaired) electrons. The van der Waals surface area contributed by atoms with Gasteiger partial charge in [-0.2, -0.15) is 0 Å². The fourth-order valence-electron chi connectivity index (χ4n) is 3.98. The summed E-state index contributed by atoms with van der Waals surface area (Å²) in [4.78, 5) is 50.8. The minimum atomic E-state index is -1.62. The molecule has 1 aromatic rings. The van der Waals surface area contributed by atoms with Crippen LogP contribution in [-0.4, -0.2) is 117 Å². The van der Waals surface area contributed by atoms with E-state index < -0.39 is 40.8 Å². The molecule has 0 spiro atoms. The van der Waals surface area contributed by atoms with Gasteiger partial charge in [-0.3, -0.25) is 29.4 Å². The van der Waals surface area contributed by atoms with E-state index in [1.54, 1.807) is 6.07 Å². The molecule has 1 fully saturated rings. The summed E-state index contributed by atoms with van der Waals surface area (Å²) in [6.45, 7) is 4.50. The number of hydrogen-bond acceptors (Lipinski definition) is 11. The van der Waals surface area contributed by atoms with E-state index in [1.807, 2.05) is 0 Å². The Kier molecular flexibility index (Phi) is 13.3. The molecule has 2 aliphatic heterocycles. The molecule has 2 atom stereocenters. The number of nitrogens with two attached hydrogens (primary N) is 1. The Labute approximate surface area is 229 Å². The van der Waals surface area contributed by atoms with Gasteiger partial charge in [-0.1, -0.05) is 6.07 Å². The number of ether oxygens (including phenoxy) is 5. The maximum atomic E-state index is 13.1. The topological polar surface area (TPSA) is 179 Å². The van der Waals surface area contributed by atoms with Crippen LogP contribution in [0, 0.1) is 0 Å². The highest BCUT2D eigenvalue weighted by atomic mass is 32.2. The highest BCUT2D eigenvalue weighted by Crippen LogP contribution is 2.32. The lowest BCUT2D eigenvalue weighted by Gasteiger charge is -2.27. The molecule has 1 saturated heterocycles. The molecule has 1 aromatic carbocycles. The van der Waals surface area contributed by atoms with Gasteiger partial charge in [0, 0.05) is 13.0 Å². The number of fused-ring (bicyclic) bond motifs is 1. The van der Waals surface area contributed by atoms with Crippen molar-refractivity contribution in [2.45, 2.75) is 23.8 Å². The Morgan fingerprint density at radius 1 is 0.846 bits per heavy atom. The average Bonchev–Trinajstić information content (AvgIpc) is 3.18. The molecule has 2 aliphatic rings. The lowest BCUT2D eigenvalue weighted by Crippen LogP contribution is -2.54. The Morgan fingerprint density at radius 2 is 1.41 bits per heavy atom. The van der Waals surface area contributed by atoms with E-state index in [0.717, 1.165) is 4.90 Å². The molecule has 13 nitrogen and oxygen atoms in total.